The van der Waals surface area contributed by atoms with Gasteiger partial charge >= 0.3 is 0 Å². The van der Waals surface area contributed by atoms with Gasteiger partial charge < -0.3 is 20.6 Å². The van der Waals surface area contributed by atoms with Crippen molar-refractivity contribution in [3.8, 4) is 0 Å². The average Bonchev–Trinajstić information content (AvgIpc) is 2.30. The van der Waals surface area contributed by atoms with E-state index in [2.05, 4.69) is 5.32 Å². The molecule has 1 fully saturated rings. The lowest BCUT2D eigenvalue weighted by Crippen LogP contribution is -2.52. The summed E-state index contributed by atoms with van der Waals surface area (Å²) in [7, 11) is 0. The first-order valence-electron chi connectivity index (χ1n) is 5.70. The molecule has 0 amide bonds. The minimum atomic E-state index is -1.24. The molecule has 4 N–H and O–H groups in total. The number of hydrogen-bond donors (Lipinski definition) is 4. The Morgan fingerprint density at radius 3 is 2.33 bits per heavy atom. The second-order valence-corrected chi connectivity index (χ2v) is 4.53. The molecule has 0 aliphatic carbocycles. The average molecular weight is 259 g/mol. The number of rotatable bonds is 2. The van der Waals surface area contributed by atoms with Crippen molar-refractivity contribution in [3.05, 3.63) is 35.4 Å². The predicted octanol–water partition coefficient (Wildman–Crippen LogP) is -0.0606. The van der Waals surface area contributed by atoms with Crippen molar-refractivity contribution in [2.24, 2.45) is 5.92 Å². The number of piperidine rings is 1. The van der Waals surface area contributed by atoms with Crippen LogP contribution in [0.2, 0.25) is 0 Å². The SMILES string of the molecule is OC(c1cc(F)cc(F)c1)[C@H]1CNC[C@@H](O)[C@@H]1O. The maximum Gasteiger partial charge on any atom is 0.126 e. The molecule has 100 valence electrons. The van der Waals surface area contributed by atoms with E-state index in [1.54, 1.807) is 0 Å². The number of aliphatic hydroxyl groups excluding tert-OH is 3. The third kappa shape index (κ3) is 2.67. The van der Waals surface area contributed by atoms with Gasteiger partial charge in [-0.1, -0.05) is 0 Å². The second-order valence-electron chi connectivity index (χ2n) is 4.53. The summed E-state index contributed by atoms with van der Waals surface area (Å²) in [6.07, 6.45) is -3.38. The Hall–Kier alpha value is -1.08. The largest absolute Gasteiger partial charge is 0.390 e. The molecule has 2 rings (SSSR count). The summed E-state index contributed by atoms with van der Waals surface area (Å²) >= 11 is 0. The molecule has 1 aromatic rings. The molecule has 1 unspecified atom stereocenters. The van der Waals surface area contributed by atoms with Crippen LogP contribution in [0.4, 0.5) is 8.78 Å². The predicted molar refractivity (Wildman–Crippen MR) is 59.7 cm³/mol. The Kier molecular flexibility index (Phi) is 3.91. The van der Waals surface area contributed by atoms with Crippen LogP contribution in [0.5, 0.6) is 0 Å². The van der Waals surface area contributed by atoms with E-state index in [1.807, 2.05) is 0 Å². The van der Waals surface area contributed by atoms with Crippen LogP contribution in [0.15, 0.2) is 18.2 Å². The highest BCUT2D eigenvalue weighted by molar-refractivity contribution is 5.21. The minimum absolute atomic E-state index is 0.0486. The lowest BCUT2D eigenvalue weighted by Gasteiger charge is -2.35. The van der Waals surface area contributed by atoms with E-state index in [4.69, 9.17) is 0 Å². The smallest absolute Gasteiger partial charge is 0.126 e. The van der Waals surface area contributed by atoms with Gasteiger partial charge in [-0.2, -0.15) is 0 Å². The highest BCUT2D eigenvalue weighted by Crippen LogP contribution is 2.28. The maximum atomic E-state index is 13.1. The first-order chi connectivity index (χ1) is 8.49. The lowest BCUT2D eigenvalue weighted by atomic mass is 9.85. The third-order valence-corrected chi connectivity index (χ3v) is 3.20. The number of β-amino-alcohol motifs (C(OH)–C–C–N with tert-alkyl or cyclic N) is 1. The van der Waals surface area contributed by atoms with E-state index >= 15 is 0 Å². The van der Waals surface area contributed by atoms with Gasteiger partial charge in [0.15, 0.2) is 0 Å². The zero-order valence-corrected chi connectivity index (χ0v) is 9.55. The normalized spacial score (nSPS) is 30.2. The van der Waals surface area contributed by atoms with Crippen LogP contribution in [0.25, 0.3) is 0 Å². The van der Waals surface area contributed by atoms with Crippen molar-refractivity contribution in [2.45, 2.75) is 18.3 Å². The van der Waals surface area contributed by atoms with Crippen molar-refractivity contribution in [1.29, 1.82) is 0 Å². The molecule has 1 aliphatic heterocycles. The molecule has 4 atom stereocenters. The van der Waals surface area contributed by atoms with Crippen LogP contribution in [0, 0.1) is 17.6 Å². The van der Waals surface area contributed by atoms with Crippen molar-refractivity contribution in [1.82, 2.24) is 5.32 Å². The summed E-state index contributed by atoms with van der Waals surface area (Å²) in [6, 6.07) is 2.74. The zero-order chi connectivity index (χ0) is 13.3. The number of benzene rings is 1. The lowest BCUT2D eigenvalue weighted by molar-refractivity contribution is -0.0749. The number of aliphatic hydroxyl groups is 3. The molecule has 0 bridgehead atoms. The molecular weight excluding hydrogens is 244 g/mol. The van der Waals surface area contributed by atoms with Gasteiger partial charge in [-0.3, -0.25) is 0 Å². The molecule has 0 saturated carbocycles. The van der Waals surface area contributed by atoms with Gasteiger partial charge in [0, 0.05) is 25.1 Å². The molecule has 1 aromatic carbocycles. The Bertz CT molecular complexity index is 410. The summed E-state index contributed by atoms with van der Waals surface area (Å²) in [5, 5.41) is 32.1. The number of nitrogens with one attached hydrogen (secondary N) is 1. The molecule has 1 heterocycles. The van der Waals surface area contributed by atoms with Gasteiger partial charge in [-0.05, 0) is 17.7 Å². The summed E-state index contributed by atoms with van der Waals surface area (Å²) in [6.45, 7) is 0.486. The van der Waals surface area contributed by atoms with Gasteiger partial charge in [0.05, 0.1) is 18.3 Å². The molecule has 0 radical (unpaired) electrons. The highest BCUT2D eigenvalue weighted by Gasteiger charge is 2.35. The third-order valence-electron chi connectivity index (χ3n) is 3.20. The van der Waals surface area contributed by atoms with E-state index in [-0.39, 0.29) is 18.7 Å². The molecule has 1 aliphatic rings. The van der Waals surface area contributed by atoms with Crippen LogP contribution < -0.4 is 5.32 Å². The van der Waals surface area contributed by atoms with Crippen LogP contribution in [-0.2, 0) is 0 Å². The first-order valence-corrected chi connectivity index (χ1v) is 5.70. The van der Waals surface area contributed by atoms with Crippen LogP contribution >= 0.6 is 0 Å². The topological polar surface area (TPSA) is 72.7 Å². The Balaban J connectivity index is 2.21. The Labute approximate surface area is 103 Å². The van der Waals surface area contributed by atoms with Gasteiger partial charge in [0.25, 0.3) is 0 Å². The van der Waals surface area contributed by atoms with Gasteiger partial charge in [0.1, 0.15) is 11.6 Å². The van der Waals surface area contributed by atoms with E-state index in [1.165, 1.54) is 0 Å². The Morgan fingerprint density at radius 2 is 1.72 bits per heavy atom. The Morgan fingerprint density at radius 1 is 1.11 bits per heavy atom. The summed E-state index contributed by atoms with van der Waals surface area (Å²) < 4.78 is 26.1. The van der Waals surface area contributed by atoms with Crippen LogP contribution in [0.3, 0.4) is 0 Å². The van der Waals surface area contributed by atoms with Crippen LogP contribution in [0.1, 0.15) is 11.7 Å². The van der Waals surface area contributed by atoms with Crippen molar-refractivity contribution >= 4 is 0 Å². The highest BCUT2D eigenvalue weighted by atomic mass is 19.1. The zero-order valence-electron chi connectivity index (χ0n) is 9.55. The van der Waals surface area contributed by atoms with Crippen LogP contribution in [-0.4, -0.2) is 40.6 Å². The van der Waals surface area contributed by atoms with E-state index in [0.29, 0.717) is 6.07 Å². The molecule has 0 spiro atoms. The second kappa shape index (κ2) is 5.27. The molecule has 1 saturated heterocycles. The van der Waals surface area contributed by atoms with Gasteiger partial charge in [-0.25, -0.2) is 8.78 Å². The fourth-order valence-corrected chi connectivity index (χ4v) is 2.22. The summed E-state index contributed by atoms with van der Waals surface area (Å²) in [4.78, 5) is 0. The fraction of sp³-hybridized carbons (Fsp3) is 0.500. The van der Waals surface area contributed by atoms with E-state index in [9.17, 15) is 24.1 Å². The number of halogens is 2. The summed E-state index contributed by atoms with van der Waals surface area (Å²) in [5.74, 6) is -2.29. The molecule has 0 aromatic heterocycles. The van der Waals surface area contributed by atoms with Gasteiger partial charge in [-0.15, -0.1) is 0 Å². The standard InChI is InChI=1S/C12H15F2NO3/c13-7-1-6(2-8(14)3-7)11(17)9-4-15-5-10(16)12(9)18/h1-3,9-12,15-18H,4-5H2/t9-,10-,11?,12-/m1/s1. The number of hydrogen-bond acceptors (Lipinski definition) is 4. The van der Waals surface area contributed by atoms with Crippen molar-refractivity contribution in [3.63, 3.8) is 0 Å². The minimum Gasteiger partial charge on any atom is -0.390 e. The quantitative estimate of drug-likeness (QED) is 0.600. The molecule has 4 nitrogen and oxygen atoms in total. The fourth-order valence-electron chi connectivity index (χ4n) is 2.22. The van der Waals surface area contributed by atoms with E-state index < -0.39 is 35.9 Å². The van der Waals surface area contributed by atoms with Crippen molar-refractivity contribution in [2.75, 3.05) is 13.1 Å². The van der Waals surface area contributed by atoms with Crippen molar-refractivity contribution < 1.29 is 24.1 Å². The molecular formula is C12H15F2NO3. The summed E-state index contributed by atoms with van der Waals surface area (Å²) in [5.41, 5.74) is 0.0486. The first kappa shape index (κ1) is 13.4. The molecule has 18 heavy (non-hydrogen) atoms. The monoisotopic (exact) mass is 259 g/mol. The van der Waals surface area contributed by atoms with Gasteiger partial charge in [0.2, 0.25) is 0 Å². The maximum absolute atomic E-state index is 13.1. The molecule has 6 heteroatoms. The van der Waals surface area contributed by atoms with E-state index in [0.717, 1.165) is 12.1 Å².